The molecule has 0 amide bonds. The highest BCUT2D eigenvalue weighted by Crippen LogP contribution is 2.21. The van der Waals surface area contributed by atoms with Gasteiger partial charge in [0.15, 0.2) is 0 Å². The largest absolute Gasteiger partial charge is 0.494 e. The Morgan fingerprint density at radius 3 is 2.25 bits per heavy atom. The van der Waals surface area contributed by atoms with Crippen molar-refractivity contribution in [3.63, 3.8) is 0 Å². The average molecular weight is 273 g/mol. The second-order valence-corrected chi connectivity index (χ2v) is 4.56. The summed E-state index contributed by atoms with van der Waals surface area (Å²) in [4.78, 5) is 8.33. The SMILES string of the molecule is CCOc1ccc(Oc2ncc(CC(C)N)cn2)cc1. The lowest BCUT2D eigenvalue weighted by Crippen LogP contribution is -2.17. The van der Waals surface area contributed by atoms with Gasteiger partial charge in [-0.25, -0.2) is 9.97 Å². The van der Waals surface area contributed by atoms with Crippen molar-refractivity contribution in [3.05, 3.63) is 42.2 Å². The summed E-state index contributed by atoms with van der Waals surface area (Å²) in [5.74, 6) is 1.49. The predicted octanol–water partition coefficient (Wildman–Crippen LogP) is 2.56. The zero-order chi connectivity index (χ0) is 14.4. The van der Waals surface area contributed by atoms with Crippen molar-refractivity contribution in [1.29, 1.82) is 0 Å². The molecule has 5 heteroatoms. The van der Waals surface area contributed by atoms with E-state index in [2.05, 4.69) is 9.97 Å². The summed E-state index contributed by atoms with van der Waals surface area (Å²) < 4.78 is 10.9. The zero-order valence-corrected chi connectivity index (χ0v) is 11.7. The third-order valence-electron chi connectivity index (χ3n) is 2.58. The number of hydrogen-bond acceptors (Lipinski definition) is 5. The van der Waals surface area contributed by atoms with E-state index in [4.69, 9.17) is 15.2 Å². The molecular weight excluding hydrogens is 254 g/mol. The molecule has 0 radical (unpaired) electrons. The highest BCUT2D eigenvalue weighted by molar-refractivity contribution is 5.32. The van der Waals surface area contributed by atoms with Gasteiger partial charge in [0.05, 0.1) is 6.61 Å². The van der Waals surface area contributed by atoms with Gasteiger partial charge in [-0.3, -0.25) is 0 Å². The van der Waals surface area contributed by atoms with E-state index in [1.54, 1.807) is 12.4 Å². The number of nitrogens with zero attached hydrogens (tertiary/aromatic N) is 2. The van der Waals surface area contributed by atoms with Crippen LogP contribution in [0.15, 0.2) is 36.7 Å². The fourth-order valence-electron chi connectivity index (χ4n) is 1.75. The Bertz CT molecular complexity index is 524. The van der Waals surface area contributed by atoms with Crippen LogP contribution < -0.4 is 15.2 Å². The first-order chi connectivity index (χ1) is 9.67. The molecule has 0 aliphatic rings. The summed E-state index contributed by atoms with van der Waals surface area (Å²) in [5, 5.41) is 0. The lowest BCUT2D eigenvalue weighted by molar-refractivity contribution is 0.339. The van der Waals surface area contributed by atoms with E-state index in [9.17, 15) is 0 Å². The fourth-order valence-corrected chi connectivity index (χ4v) is 1.75. The van der Waals surface area contributed by atoms with Crippen molar-refractivity contribution in [2.24, 2.45) is 5.73 Å². The van der Waals surface area contributed by atoms with E-state index in [1.807, 2.05) is 38.1 Å². The third-order valence-corrected chi connectivity index (χ3v) is 2.58. The van der Waals surface area contributed by atoms with Crippen LogP contribution >= 0.6 is 0 Å². The molecule has 0 saturated heterocycles. The molecule has 0 saturated carbocycles. The van der Waals surface area contributed by atoms with Crippen molar-refractivity contribution in [3.8, 4) is 17.5 Å². The Morgan fingerprint density at radius 2 is 1.70 bits per heavy atom. The summed E-state index contributed by atoms with van der Waals surface area (Å²) in [5.41, 5.74) is 6.73. The molecule has 0 fully saturated rings. The van der Waals surface area contributed by atoms with Crippen LogP contribution in [-0.2, 0) is 6.42 Å². The van der Waals surface area contributed by atoms with Gasteiger partial charge in [0.2, 0.25) is 0 Å². The normalized spacial score (nSPS) is 11.9. The van der Waals surface area contributed by atoms with Crippen molar-refractivity contribution >= 4 is 0 Å². The smallest absolute Gasteiger partial charge is 0.321 e. The molecule has 1 atom stereocenters. The molecule has 0 aliphatic heterocycles. The topological polar surface area (TPSA) is 70.3 Å². The first kappa shape index (κ1) is 14.3. The minimum absolute atomic E-state index is 0.0940. The maximum Gasteiger partial charge on any atom is 0.321 e. The van der Waals surface area contributed by atoms with Gasteiger partial charge in [-0.2, -0.15) is 0 Å². The molecule has 1 aromatic heterocycles. The number of rotatable bonds is 6. The van der Waals surface area contributed by atoms with Gasteiger partial charge >= 0.3 is 6.01 Å². The van der Waals surface area contributed by atoms with E-state index in [0.29, 0.717) is 18.4 Å². The highest BCUT2D eigenvalue weighted by atomic mass is 16.5. The first-order valence-electron chi connectivity index (χ1n) is 6.64. The van der Waals surface area contributed by atoms with Crippen LogP contribution in [0.25, 0.3) is 0 Å². The third kappa shape index (κ3) is 4.20. The Balaban J connectivity index is 1.98. The minimum atomic E-state index is 0.0940. The average Bonchev–Trinajstić information content (AvgIpc) is 2.43. The molecule has 0 aliphatic carbocycles. The highest BCUT2D eigenvalue weighted by Gasteiger charge is 2.03. The van der Waals surface area contributed by atoms with E-state index in [0.717, 1.165) is 17.7 Å². The van der Waals surface area contributed by atoms with Gasteiger partial charge in [0.25, 0.3) is 0 Å². The molecule has 1 unspecified atom stereocenters. The van der Waals surface area contributed by atoms with Gasteiger partial charge in [-0.05, 0) is 50.1 Å². The number of hydrogen-bond donors (Lipinski definition) is 1. The van der Waals surface area contributed by atoms with Crippen LogP contribution in [-0.4, -0.2) is 22.6 Å². The van der Waals surface area contributed by atoms with Crippen LogP contribution in [0.5, 0.6) is 17.5 Å². The summed E-state index contributed by atoms with van der Waals surface area (Å²) in [6.07, 6.45) is 4.23. The van der Waals surface area contributed by atoms with E-state index < -0.39 is 0 Å². The van der Waals surface area contributed by atoms with Crippen molar-refractivity contribution < 1.29 is 9.47 Å². The van der Waals surface area contributed by atoms with Gasteiger partial charge in [-0.15, -0.1) is 0 Å². The van der Waals surface area contributed by atoms with Crippen molar-refractivity contribution in [2.45, 2.75) is 26.3 Å². The van der Waals surface area contributed by atoms with Crippen molar-refractivity contribution in [1.82, 2.24) is 9.97 Å². The number of aromatic nitrogens is 2. The molecule has 106 valence electrons. The number of nitrogens with two attached hydrogens (primary N) is 1. The molecule has 2 aromatic rings. The second-order valence-electron chi connectivity index (χ2n) is 4.56. The molecule has 0 spiro atoms. The standard InChI is InChI=1S/C15H19N3O2/c1-3-19-13-4-6-14(7-5-13)20-15-17-9-12(10-18-15)8-11(2)16/h4-7,9-11H,3,8,16H2,1-2H3. The van der Waals surface area contributed by atoms with Gasteiger partial charge in [0.1, 0.15) is 11.5 Å². The fraction of sp³-hybridized carbons (Fsp3) is 0.333. The number of ether oxygens (including phenoxy) is 2. The lowest BCUT2D eigenvalue weighted by atomic mass is 10.1. The molecule has 20 heavy (non-hydrogen) atoms. The molecule has 0 bridgehead atoms. The quantitative estimate of drug-likeness (QED) is 0.875. The summed E-state index contributed by atoms with van der Waals surface area (Å²) >= 11 is 0. The Kier molecular flexibility index (Phi) is 4.90. The maximum absolute atomic E-state index is 5.73. The van der Waals surface area contributed by atoms with Crippen LogP contribution in [0.2, 0.25) is 0 Å². The van der Waals surface area contributed by atoms with Gasteiger partial charge < -0.3 is 15.2 Å². The number of benzene rings is 1. The molecule has 5 nitrogen and oxygen atoms in total. The Labute approximate surface area is 118 Å². The maximum atomic E-state index is 5.73. The van der Waals surface area contributed by atoms with Crippen LogP contribution in [0.1, 0.15) is 19.4 Å². The van der Waals surface area contributed by atoms with Crippen molar-refractivity contribution in [2.75, 3.05) is 6.61 Å². The lowest BCUT2D eigenvalue weighted by Gasteiger charge is -2.07. The Morgan fingerprint density at radius 1 is 1.10 bits per heavy atom. The zero-order valence-electron chi connectivity index (χ0n) is 11.7. The van der Waals surface area contributed by atoms with Gasteiger partial charge in [-0.1, -0.05) is 0 Å². The molecule has 1 heterocycles. The molecular formula is C15H19N3O2. The first-order valence-corrected chi connectivity index (χ1v) is 6.64. The minimum Gasteiger partial charge on any atom is -0.494 e. The van der Waals surface area contributed by atoms with Crippen LogP contribution in [0.4, 0.5) is 0 Å². The van der Waals surface area contributed by atoms with Crippen LogP contribution in [0, 0.1) is 0 Å². The van der Waals surface area contributed by atoms with E-state index in [1.165, 1.54) is 0 Å². The monoisotopic (exact) mass is 273 g/mol. The molecule has 1 aromatic carbocycles. The Hall–Kier alpha value is -2.14. The van der Waals surface area contributed by atoms with E-state index >= 15 is 0 Å². The predicted molar refractivity (Wildman–Crippen MR) is 77.1 cm³/mol. The summed E-state index contributed by atoms with van der Waals surface area (Å²) in [6, 6.07) is 7.76. The van der Waals surface area contributed by atoms with E-state index in [-0.39, 0.29) is 6.04 Å². The molecule has 2 rings (SSSR count). The summed E-state index contributed by atoms with van der Waals surface area (Å²) in [7, 11) is 0. The van der Waals surface area contributed by atoms with Gasteiger partial charge in [0, 0.05) is 18.4 Å². The van der Waals surface area contributed by atoms with Crippen LogP contribution in [0.3, 0.4) is 0 Å². The second kappa shape index (κ2) is 6.86. The molecule has 2 N–H and O–H groups in total. The summed E-state index contributed by atoms with van der Waals surface area (Å²) in [6.45, 7) is 4.54.